The van der Waals surface area contributed by atoms with Gasteiger partial charge in [0.2, 0.25) is 6.29 Å². The van der Waals surface area contributed by atoms with Crippen molar-refractivity contribution >= 4 is 5.78 Å². The van der Waals surface area contributed by atoms with E-state index >= 15 is 0 Å². The number of methoxy groups -OCH3 is 1. The second-order valence-electron chi connectivity index (χ2n) is 3.52. The normalized spacial score (nSPS) is 24.3. The Morgan fingerprint density at radius 3 is 2.87 bits per heavy atom. The molecule has 1 aliphatic heterocycles. The molecule has 1 aromatic rings. The van der Waals surface area contributed by atoms with E-state index in [0.717, 1.165) is 0 Å². The van der Waals surface area contributed by atoms with E-state index in [2.05, 4.69) is 0 Å². The van der Waals surface area contributed by atoms with E-state index in [-0.39, 0.29) is 5.78 Å². The van der Waals surface area contributed by atoms with E-state index in [1.807, 2.05) is 0 Å². The molecular formula is C11H12O4. The van der Waals surface area contributed by atoms with Gasteiger partial charge in [-0.15, -0.1) is 0 Å². The summed E-state index contributed by atoms with van der Waals surface area (Å²) in [5.41, 5.74) is 0.494. The second-order valence-corrected chi connectivity index (χ2v) is 3.52. The average molecular weight is 208 g/mol. The van der Waals surface area contributed by atoms with Gasteiger partial charge in [-0.05, 0) is 19.1 Å². The van der Waals surface area contributed by atoms with Gasteiger partial charge in [0.1, 0.15) is 11.5 Å². The molecule has 0 bridgehead atoms. The predicted octanol–water partition coefficient (Wildman–Crippen LogP) is 1.22. The predicted molar refractivity (Wildman–Crippen MR) is 53.1 cm³/mol. The lowest BCUT2D eigenvalue weighted by atomic mass is 9.95. The molecule has 0 amide bonds. The lowest BCUT2D eigenvalue weighted by Crippen LogP contribution is -2.35. The van der Waals surface area contributed by atoms with E-state index in [0.29, 0.717) is 17.1 Å². The summed E-state index contributed by atoms with van der Waals surface area (Å²) in [7, 11) is 1.53. The highest BCUT2D eigenvalue weighted by atomic mass is 16.6. The highest BCUT2D eigenvalue weighted by Gasteiger charge is 2.32. The van der Waals surface area contributed by atoms with Crippen LogP contribution >= 0.6 is 0 Å². The molecule has 0 saturated carbocycles. The largest absolute Gasteiger partial charge is 0.497 e. The topological polar surface area (TPSA) is 55.8 Å². The summed E-state index contributed by atoms with van der Waals surface area (Å²) in [6.07, 6.45) is -1.07. The van der Waals surface area contributed by atoms with Gasteiger partial charge >= 0.3 is 0 Å². The zero-order valence-corrected chi connectivity index (χ0v) is 8.56. The Kier molecular flexibility index (Phi) is 2.36. The van der Waals surface area contributed by atoms with Crippen molar-refractivity contribution in [3.8, 4) is 11.5 Å². The minimum Gasteiger partial charge on any atom is -0.497 e. The summed E-state index contributed by atoms with van der Waals surface area (Å²) in [5, 5.41) is 9.47. The second kappa shape index (κ2) is 3.55. The number of aliphatic hydroxyl groups is 1. The van der Waals surface area contributed by atoms with Crippen LogP contribution in [0.5, 0.6) is 11.5 Å². The average Bonchev–Trinajstić information content (AvgIpc) is 2.25. The van der Waals surface area contributed by atoms with Gasteiger partial charge in [0, 0.05) is 6.07 Å². The summed E-state index contributed by atoms with van der Waals surface area (Å²) in [5.74, 6) is 0.352. The molecule has 80 valence electrons. The number of Topliss-reactive ketones (excluding diaryl/α,β-unsaturated/α-hetero) is 1. The van der Waals surface area contributed by atoms with Crippen LogP contribution in [0, 0.1) is 5.92 Å². The molecule has 0 unspecified atom stereocenters. The van der Waals surface area contributed by atoms with E-state index in [1.54, 1.807) is 25.1 Å². The third kappa shape index (κ3) is 1.57. The maximum atomic E-state index is 11.7. The number of aliphatic hydroxyl groups excluding tert-OH is 1. The molecule has 0 aliphatic carbocycles. The molecule has 15 heavy (non-hydrogen) atoms. The molecule has 0 saturated heterocycles. The van der Waals surface area contributed by atoms with Gasteiger partial charge in [-0.3, -0.25) is 4.79 Å². The van der Waals surface area contributed by atoms with Gasteiger partial charge in [-0.25, -0.2) is 0 Å². The van der Waals surface area contributed by atoms with Gasteiger partial charge in [0.15, 0.2) is 5.78 Å². The summed E-state index contributed by atoms with van der Waals surface area (Å²) in [4.78, 5) is 11.7. The van der Waals surface area contributed by atoms with Crippen LogP contribution in [0.15, 0.2) is 18.2 Å². The highest BCUT2D eigenvalue weighted by molar-refractivity contribution is 6.01. The van der Waals surface area contributed by atoms with E-state index < -0.39 is 12.2 Å². The van der Waals surface area contributed by atoms with E-state index in [9.17, 15) is 9.90 Å². The number of carbonyl (C=O) groups is 1. The van der Waals surface area contributed by atoms with Gasteiger partial charge in [-0.1, -0.05) is 0 Å². The number of hydrogen-bond acceptors (Lipinski definition) is 4. The smallest absolute Gasteiger partial charge is 0.207 e. The van der Waals surface area contributed by atoms with Crippen LogP contribution in [0.3, 0.4) is 0 Å². The standard InChI is InChI=1S/C11H12O4/c1-6-10(12)8-4-3-7(14-2)5-9(8)15-11(6)13/h3-6,11,13H,1-2H3/t6-,11-/m1/s1. The number of carbonyl (C=O) groups excluding carboxylic acids is 1. The van der Waals surface area contributed by atoms with Crippen molar-refractivity contribution in [1.82, 2.24) is 0 Å². The lowest BCUT2D eigenvalue weighted by molar-refractivity contribution is -0.0545. The van der Waals surface area contributed by atoms with Gasteiger partial charge in [0.05, 0.1) is 18.6 Å². The first-order valence-electron chi connectivity index (χ1n) is 4.70. The van der Waals surface area contributed by atoms with Crippen LogP contribution < -0.4 is 9.47 Å². The molecule has 0 aromatic heterocycles. The van der Waals surface area contributed by atoms with Crippen LogP contribution in [0.25, 0.3) is 0 Å². The fourth-order valence-electron chi connectivity index (χ4n) is 1.54. The lowest BCUT2D eigenvalue weighted by Gasteiger charge is -2.26. The SMILES string of the molecule is COc1ccc2c(c1)O[C@@H](O)[C@H](C)C2=O. The number of rotatable bonds is 1. The van der Waals surface area contributed by atoms with Crippen molar-refractivity contribution in [3.05, 3.63) is 23.8 Å². The summed E-state index contributed by atoms with van der Waals surface area (Å²) >= 11 is 0. The van der Waals surface area contributed by atoms with Crippen molar-refractivity contribution in [3.63, 3.8) is 0 Å². The molecular weight excluding hydrogens is 196 g/mol. The molecule has 1 N–H and O–H groups in total. The Hall–Kier alpha value is -1.55. The van der Waals surface area contributed by atoms with Gasteiger partial charge < -0.3 is 14.6 Å². The van der Waals surface area contributed by atoms with Crippen molar-refractivity contribution in [2.24, 2.45) is 5.92 Å². The minimum atomic E-state index is -1.07. The molecule has 4 nitrogen and oxygen atoms in total. The Balaban J connectivity index is 2.46. The van der Waals surface area contributed by atoms with Crippen LogP contribution in [0.1, 0.15) is 17.3 Å². The molecule has 1 aromatic carbocycles. The summed E-state index contributed by atoms with van der Waals surface area (Å²) < 4.78 is 10.2. The van der Waals surface area contributed by atoms with Gasteiger partial charge in [0.25, 0.3) is 0 Å². The van der Waals surface area contributed by atoms with Crippen molar-refractivity contribution < 1.29 is 19.4 Å². The van der Waals surface area contributed by atoms with Gasteiger partial charge in [-0.2, -0.15) is 0 Å². The maximum Gasteiger partial charge on any atom is 0.207 e. The van der Waals surface area contributed by atoms with E-state index in [1.165, 1.54) is 7.11 Å². The van der Waals surface area contributed by atoms with Crippen LogP contribution in [-0.2, 0) is 0 Å². The number of ketones is 1. The molecule has 4 heteroatoms. The molecule has 2 atom stereocenters. The molecule has 2 rings (SSSR count). The number of fused-ring (bicyclic) bond motifs is 1. The Labute approximate surface area is 87.4 Å². The van der Waals surface area contributed by atoms with Crippen molar-refractivity contribution in [2.75, 3.05) is 7.11 Å². The summed E-state index contributed by atoms with van der Waals surface area (Å²) in [6, 6.07) is 4.95. The minimum absolute atomic E-state index is 0.105. The third-order valence-electron chi connectivity index (χ3n) is 2.54. The van der Waals surface area contributed by atoms with Crippen LogP contribution in [0.4, 0.5) is 0 Å². The molecule has 1 heterocycles. The number of ether oxygens (including phenoxy) is 2. The zero-order chi connectivity index (χ0) is 11.0. The van der Waals surface area contributed by atoms with Crippen molar-refractivity contribution in [2.45, 2.75) is 13.2 Å². The molecule has 0 fully saturated rings. The summed E-state index contributed by atoms with van der Waals surface area (Å²) in [6.45, 7) is 1.64. The molecule has 0 spiro atoms. The Bertz CT molecular complexity index is 400. The van der Waals surface area contributed by atoms with Crippen molar-refractivity contribution in [1.29, 1.82) is 0 Å². The number of hydrogen-bond donors (Lipinski definition) is 1. The molecule has 0 radical (unpaired) electrons. The Morgan fingerprint density at radius 2 is 2.20 bits per heavy atom. The first-order chi connectivity index (χ1) is 7.13. The fourth-order valence-corrected chi connectivity index (χ4v) is 1.54. The van der Waals surface area contributed by atoms with Crippen LogP contribution in [0.2, 0.25) is 0 Å². The number of benzene rings is 1. The first kappa shape index (κ1) is 9.98. The Morgan fingerprint density at radius 1 is 1.47 bits per heavy atom. The first-order valence-corrected chi connectivity index (χ1v) is 4.70. The zero-order valence-electron chi connectivity index (χ0n) is 8.56. The maximum absolute atomic E-state index is 11.7. The fraction of sp³-hybridized carbons (Fsp3) is 0.364. The monoisotopic (exact) mass is 208 g/mol. The van der Waals surface area contributed by atoms with Crippen LogP contribution in [-0.4, -0.2) is 24.3 Å². The van der Waals surface area contributed by atoms with E-state index in [4.69, 9.17) is 9.47 Å². The highest BCUT2D eigenvalue weighted by Crippen LogP contribution is 2.32. The quantitative estimate of drug-likeness (QED) is 0.754. The molecule has 1 aliphatic rings. The third-order valence-corrected chi connectivity index (χ3v) is 2.54.